The summed E-state index contributed by atoms with van der Waals surface area (Å²) >= 11 is 0. The highest BCUT2D eigenvalue weighted by molar-refractivity contribution is 5.89. The number of aromatic hydroxyl groups is 1. The van der Waals surface area contributed by atoms with Crippen molar-refractivity contribution >= 4 is 5.97 Å². The number of phenols is 1. The molecule has 0 bridgehead atoms. The lowest BCUT2D eigenvalue weighted by molar-refractivity contribution is -0.143. The molecule has 8 heteroatoms. The molecule has 1 heterocycles. The first-order valence-electron chi connectivity index (χ1n) is 5.40. The zero-order valence-electron chi connectivity index (χ0n) is 10.1. The van der Waals surface area contributed by atoms with E-state index in [1.165, 1.54) is 25.1 Å². The van der Waals surface area contributed by atoms with Crippen molar-refractivity contribution in [1.82, 2.24) is 9.78 Å². The van der Waals surface area contributed by atoms with Crippen LogP contribution < -0.4 is 0 Å². The van der Waals surface area contributed by atoms with Crippen molar-refractivity contribution in [3.05, 3.63) is 41.2 Å². The Labute approximate surface area is 110 Å². The highest BCUT2D eigenvalue weighted by Gasteiger charge is 2.40. The van der Waals surface area contributed by atoms with Gasteiger partial charge in [0.1, 0.15) is 11.3 Å². The van der Waals surface area contributed by atoms with Gasteiger partial charge in [-0.2, -0.15) is 18.3 Å². The van der Waals surface area contributed by atoms with Crippen molar-refractivity contribution in [1.29, 1.82) is 0 Å². The lowest BCUT2D eigenvalue weighted by Crippen LogP contribution is -2.17. The van der Waals surface area contributed by atoms with Crippen molar-refractivity contribution < 1.29 is 28.2 Å². The summed E-state index contributed by atoms with van der Waals surface area (Å²) in [7, 11) is 0. The number of carboxylic acids is 1. The van der Waals surface area contributed by atoms with E-state index >= 15 is 0 Å². The second kappa shape index (κ2) is 4.55. The van der Waals surface area contributed by atoms with Gasteiger partial charge in [0.2, 0.25) is 0 Å². The molecule has 20 heavy (non-hydrogen) atoms. The Morgan fingerprint density at radius 1 is 1.35 bits per heavy atom. The van der Waals surface area contributed by atoms with Crippen molar-refractivity contribution in [3.63, 3.8) is 0 Å². The van der Waals surface area contributed by atoms with Gasteiger partial charge in [-0.25, -0.2) is 9.48 Å². The molecule has 2 N–H and O–H groups in total. The lowest BCUT2D eigenvalue weighted by atomic mass is 10.1. The summed E-state index contributed by atoms with van der Waals surface area (Å²) in [4.78, 5) is 10.9. The number of aromatic nitrogens is 2. The monoisotopic (exact) mass is 286 g/mol. The minimum atomic E-state index is -4.87. The average Bonchev–Trinajstić information content (AvgIpc) is 2.73. The minimum Gasteiger partial charge on any atom is -0.508 e. The number of rotatable bonds is 2. The molecule has 0 unspecified atom stereocenters. The summed E-state index contributed by atoms with van der Waals surface area (Å²) in [5, 5.41) is 21.6. The number of aromatic carboxylic acids is 1. The Hall–Kier alpha value is -2.51. The van der Waals surface area contributed by atoms with E-state index in [4.69, 9.17) is 5.11 Å². The molecule has 0 saturated carbocycles. The molecular weight excluding hydrogens is 277 g/mol. The van der Waals surface area contributed by atoms with Gasteiger partial charge in [0, 0.05) is 0 Å². The molecule has 0 fully saturated rings. The lowest BCUT2D eigenvalue weighted by Gasteiger charge is -2.13. The number of carbonyl (C=O) groups is 1. The number of benzene rings is 1. The maximum absolute atomic E-state index is 13.0. The van der Waals surface area contributed by atoms with Crippen LogP contribution in [0.25, 0.3) is 5.69 Å². The number of hydrogen-bond donors (Lipinski definition) is 2. The van der Waals surface area contributed by atoms with Crippen molar-refractivity contribution in [2.75, 3.05) is 0 Å². The molecule has 2 rings (SSSR count). The predicted molar refractivity (Wildman–Crippen MR) is 61.9 cm³/mol. The summed E-state index contributed by atoms with van der Waals surface area (Å²) in [6.45, 7) is 1.48. The molecule has 0 atom stereocenters. The Kier molecular flexibility index (Phi) is 3.16. The normalized spacial score (nSPS) is 11.6. The van der Waals surface area contributed by atoms with E-state index in [2.05, 4.69) is 5.10 Å². The van der Waals surface area contributed by atoms with Crippen molar-refractivity contribution in [3.8, 4) is 11.4 Å². The molecular formula is C12H9F3N2O3. The third kappa shape index (κ3) is 2.31. The fourth-order valence-corrected chi connectivity index (χ4v) is 1.84. The number of phenolic OH excluding ortho intramolecular Hbond substituents is 1. The maximum atomic E-state index is 13.0. The topological polar surface area (TPSA) is 75.3 Å². The van der Waals surface area contributed by atoms with Crippen molar-refractivity contribution in [2.24, 2.45) is 0 Å². The van der Waals surface area contributed by atoms with Crippen LogP contribution in [0.2, 0.25) is 0 Å². The first-order valence-corrected chi connectivity index (χ1v) is 5.40. The number of carboxylic acid groups (broad SMARTS) is 1. The first kappa shape index (κ1) is 13.9. The van der Waals surface area contributed by atoms with Crippen LogP contribution in [-0.2, 0) is 6.18 Å². The van der Waals surface area contributed by atoms with Crippen LogP contribution >= 0.6 is 0 Å². The first-order chi connectivity index (χ1) is 9.21. The fourth-order valence-electron chi connectivity index (χ4n) is 1.84. The number of alkyl halides is 3. The summed E-state index contributed by atoms with van der Waals surface area (Å²) in [5.74, 6) is -1.81. The Morgan fingerprint density at radius 2 is 2.00 bits per heavy atom. The Bertz CT molecular complexity index is 677. The van der Waals surface area contributed by atoms with E-state index in [1.807, 2.05) is 0 Å². The van der Waals surface area contributed by atoms with E-state index in [0.717, 1.165) is 0 Å². The molecule has 0 aliphatic heterocycles. The van der Waals surface area contributed by atoms with Crippen LogP contribution in [0.4, 0.5) is 13.2 Å². The number of nitrogens with zero attached hydrogens (tertiary/aromatic N) is 2. The van der Waals surface area contributed by atoms with Gasteiger partial charge in [-0.15, -0.1) is 0 Å². The van der Waals surface area contributed by atoms with Gasteiger partial charge in [-0.3, -0.25) is 0 Å². The van der Waals surface area contributed by atoms with Crippen LogP contribution in [0.1, 0.15) is 21.6 Å². The van der Waals surface area contributed by atoms with Gasteiger partial charge in [0.05, 0.1) is 11.9 Å². The predicted octanol–water partition coefficient (Wildman–Crippen LogP) is 2.60. The second-order valence-electron chi connectivity index (χ2n) is 4.09. The standard InChI is InChI=1S/C12H9F3N2O3/c1-6-4-7(18)2-3-9(6)17-10(12(13,14)15)8(5-16-17)11(19)20/h2-5,18H,1H3,(H,19,20). The molecule has 106 valence electrons. The quantitative estimate of drug-likeness (QED) is 0.889. The third-order valence-corrected chi connectivity index (χ3v) is 2.68. The second-order valence-corrected chi connectivity index (χ2v) is 4.09. The van der Waals surface area contributed by atoms with Gasteiger partial charge in [0.25, 0.3) is 0 Å². The maximum Gasteiger partial charge on any atom is 0.434 e. The Morgan fingerprint density at radius 3 is 2.50 bits per heavy atom. The molecule has 2 aromatic rings. The average molecular weight is 286 g/mol. The Balaban J connectivity index is 2.72. The smallest absolute Gasteiger partial charge is 0.434 e. The zero-order valence-corrected chi connectivity index (χ0v) is 10.1. The summed E-state index contributed by atoms with van der Waals surface area (Å²) in [5.41, 5.74) is -1.91. The van der Waals surface area contributed by atoms with Crippen LogP contribution in [-0.4, -0.2) is 26.0 Å². The molecule has 0 amide bonds. The summed E-state index contributed by atoms with van der Waals surface area (Å²) in [6, 6.07) is 3.70. The van der Waals surface area contributed by atoms with Gasteiger partial charge < -0.3 is 10.2 Å². The molecule has 0 radical (unpaired) electrons. The van der Waals surface area contributed by atoms with Crippen LogP contribution in [0.3, 0.4) is 0 Å². The zero-order chi connectivity index (χ0) is 15.1. The van der Waals surface area contributed by atoms with Crippen LogP contribution in [0, 0.1) is 6.92 Å². The van der Waals surface area contributed by atoms with Gasteiger partial charge in [-0.05, 0) is 30.7 Å². The summed E-state index contributed by atoms with van der Waals surface area (Å²) in [6.07, 6.45) is -4.22. The van der Waals surface area contributed by atoms with Gasteiger partial charge >= 0.3 is 12.1 Å². The molecule has 1 aromatic carbocycles. The molecule has 1 aromatic heterocycles. The van der Waals surface area contributed by atoms with E-state index in [1.54, 1.807) is 0 Å². The highest BCUT2D eigenvalue weighted by atomic mass is 19.4. The molecule has 0 spiro atoms. The molecule has 0 saturated heterocycles. The van der Waals surface area contributed by atoms with Gasteiger partial charge in [0.15, 0.2) is 5.69 Å². The third-order valence-electron chi connectivity index (χ3n) is 2.68. The number of aryl methyl sites for hydroxylation is 1. The molecule has 5 nitrogen and oxygen atoms in total. The van der Waals surface area contributed by atoms with E-state index in [9.17, 15) is 23.1 Å². The van der Waals surface area contributed by atoms with E-state index in [0.29, 0.717) is 16.4 Å². The van der Waals surface area contributed by atoms with Crippen LogP contribution in [0.15, 0.2) is 24.4 Å². The molecule has 0 aliphatic carbocycles. The highest BCUT2D eigenvalue weighted by Crippen LogP contribution is 2.34. The van der Waals surface area contributed by atoms with E-state index in [-0.39, 0.29) is 11.4 Å². The minimum absolute atomic E-state index is 0.0441. The van der Waals surface area contributed by atoms with Crippen molar-refractivity contribution in [2.45, 2.75) is 13.1 Å². The SMILES string of the molecule is Cc1cc(O)ccc1-n1ncc(C(=O)O)c1C(F)(F)F. The van der Waals surface area contributed by atoms with Crippen LogP contribution in [0.5, 0.6) is 5.75 Å². The fraction of sp³-hybridized carbons (Fsp3) is 0.167. The van der Waals surface area contributed by atoms with Gasteiger partial charge in [-0.1, -0.05) is 0 Å². The number of halogens is 3. The van der Waals surface area contributed by atoms with E-state index < -0.39 is 23.4 Å². The number of hydrogen-bond acceptors (Lipinski definition) is 3. The molecule has 0 aliphatic rings. The summed E-state index contributed by atoms with van der Waals surface area (Å²) < 4.78 is 39.6. The largest absolute Gasteiger partial charge is 0.508 e.